The minimum atomic E-state index is -0.632. The van der Waals surface area contributed by atoms with E-state index in [-0.39, 0.29) is 28.0 Å². The topological polar surface area (TPSA) is 130 Å². The molecular weight excluding hydrogens is 522 g/mol. The molecule has 1 aliphatic heterocycles. The summed E-state index contributed by atoms with van der Waals surface area (Å²) in [6.45, 7) is 2.24. The van der Waals surface area contributed by atoms with E-state index in [2.05, 4.69) is 15.5 Å². The molecule has 11 nitrogen and oxygen atoms in total. The van der Waals surface area contributed by atoms with Crippen molar-refractivity contribution < 1.29 is 23.7 Å². The predicted octanol–water partition coefficient (Wildman–Crippen LogP) is 3.94. The van der Waals surface area contributed by atoms with E-state index in [1.54, 1.807) is 29.2 Å². The molecule has 2 amide bonds. The van der Waals surface area contributed by atoms with Crippen LogP contribution in [0.5, 0.6) is 5.75 Å². The van der Waals surface area contributed by atoms with E-state index in [0.717, 1.165) is 11.8 Å². The van der Waals surface area contributed by atoms with Crippen molar-refractivity contribution in [1.82, 2.24) is 10.2 Å². The smallest absolute Gasteiger partial charge is 0.311 e. The Labute approximate surface area is 222 Å². The van der Waals surface area contributed by atoms with Gasteiger partial charge in [-0.3, -0.25) is 25.0 Å². The summed E-state index contributed by atoms with van der Waals surface area (Å²) < 4.78 is 10.1. The van der Waals surface area contributed by atoms with Crippen LogP contribution in [0.1, 0.15) is 20.9 Å². The number of hydrogen-bond acceptors (Lipinski definition) is 8. The number of carbonyl (C=O) groups excluding carboxylic acids is 2. The van der Waals surface area contributed by atoms with Crippen LogP contribution < -0.4 is 20.3 Å². The number of anilines is 2. The zero-order valence-corrected chi connectivity index (χ0v) is 21.2. The Morgan fingerprint density at radius 3 is 2.51 bits per heavy atom. The molecule has 0 bridgehead atoms. The Bertz CT molecular complexity index is 1340. The second kappa shape index (κ2) is 11.3. The highest BCUT2D eigenvalue weighted by Gasteiger charge is 2.25. The number of halogens is 1. The molecule has 1 saturated heterocycles. The lowest BCUT2D eigenvalue weighted by Gasteiger charge is -2.36. The van der Waals surface area contributed by atoms with Crippen LogP contribution in [0.15, 0.2) is 59.2 Å². The molecule has 2 aromatic carbocycles. The number of nitrogens with one attached hydrogen (secondary N) is 2. The molecule has 0 radical (unpaired) electrons. The van der Waals surface area contributed by atoms with Gasteiger partial charge in [-0.05, 0) is 54.7 Å². The number of amides is 2. The second-order valence-electron chi connectivity index (χ2n) is 7.97. The molecule has 0 saturated carbocycles. The third-order valence-corrected chi connectivity index (χ3v) is 6.22. The molecule has 1 aliphatic rings. The molecular formula is C24H22ClN5O6S. The van der Waals surface area contributed by atoms with Crippen molar-refractivity contribution >= 4 is 57.8 Å². The molecule has 1 aromatic heterocycles. The quantitative estimate of drug-likeness (QED) is 0.269. The van der Waals surface area contributed by atoms with Gasteiger partial charge in [-0.1, -0.05) is 11.6 Å². The van der Waals surface area contributed by atoms with Crippen molar-refractivity contribution in [2.45, 2.75) is 0 Å². The molecule has 37 heavy (non-hydrogen) atoms. The molecule has 0 atom stereocenters. The summed E-state index contributed by atoms with van der Waals surface area (Å²) in [7, 11) is 1.31. The first-order valence-electron chi connectivity index (χ1n) is 11.1. The molecule has 0 aliphatic carbocycles. The van der Waals surface area contributed by atoms with Gasteiger partial charge in [-0.25, -0.2) is 0 Å². The standard InChI is InChI=1S/C24H22ClN5O6S/c1-35-20-7-4-15(13-19(20)30(33)34)22(31)27-24(37)26-16-5-6-18(17(25)14-16)28-8-10-29(11-9-28)23(32)21-3-2-12-36-21/h2-7,12-14H,8-11H2,1H3,(H2,26,27,31,37). The summed E-state index contributed by atoms with van der Waals surface area (Å²) in [6.07, 6.45) is 1.47. The van der Waals surface area contributed by atoms with E-state index in [1.807, 2.05) is 6.07 Å². The molecule has 3 aromatic rings. The fourth-order valence-electron chi connectivity index (χ4n) is 3.86. The van der Waals surface area contributed by atoms with E-state index in [0.29, 0.717) is 42.6 Å². The number of hydrogen-bond donors (Lipinski definition) is 2. The van der Waals surface area contributed by atoms with Gasteiger partial charge >= 0.3 is 5.69 Å². The maximum Gasteiger partial charge on any atom is 0.311 e. The first-order chi connectivity index (χ1) is 17.8. The molecule has 13 heteroatoms. The number of carbonyl (C=O) groups is 2. The van der Waals surface area contributed by atoms with Crippen LogP contribution in [0.2, 0.25) is 5.02 Å². The van der Waals surface area contributed by atoms with Crippen LogP contribution in [-0.2, 0) is 0 Å². The van der Waals surface area contributed by atoms with Gasteiger partial charge in [0.2, 0.25) is 0 Å². The number of ether oxygens (including phenoxy) is 1. The number of furan rings is 1. The summed E-state index contributed by atoms with van der Waals surface area (Å²) in [5.41, 5.74) is 1.07. The van der Waals surface area contributed by atoms with Crippen LogP contribution >= 0.6 is 23.8 Å². The minimum absolute atomic E-state index is 0.00246. The lowest BCUT2D eigenvalue weighted by Crippen LogP contribution is -2.48. The molecule has 4 rings (SSSR count). The van der Waals surface area contributed by atoms with Crippen molar-refractivity contribution in [3.8, 4) is 5.75 Å². The fourth-order valence-corrected chi connectivity index (χ4v) is 4.37. The Morgan fingerprint density at radius 1 is 1.14 bits per heavy atom. The fraction of sp³-hybridized carbons (Fsp3) is 0.208. The van der Waals surface area contributed by atoms with E-state index in [1.165, 1.54) is 25.5 Å². The predicted molar refractivity (Wildman–Crippen MR) is 142 cm³/mol. The van der Waals surface area contributed by atoms with E-state index in [9.17, 15) is 19.7 Å². The number of methoxy groups -OCH3 is 1. The largest absolute Gasteiger partial charge is 0.490 e. The molecule has 2 heterocycles. The molecule has 2 N–H and O–H groups in total. The maximum absolute atomic E-state index is 12.5. The highest BCUT2D eigenvalue weighted by Crippen LogP contribution is 2.30. The Morgan fingerprint density at radius 2 is 1.89 bits per heavy atom. The summed E-state index contributed by atoms with van der Waals surface area (Å²) >= 11 is 11.7. The number of thiocarbonyl (C=S) groups is 1. The summed E-state index contributed by atoms with van der Waals surface area (Å²) in [5, 5.41) is 17.0. The average molecular weight is 544 g/mol. The Kier molecular flexibility index (Phi) is 7.89. The summed E-state index contributed by atoms with van der Waals surface area (Å²) in [5.74, 6) is -0.402. The van der Waals surface area contributed by atoms with E-state index < -0.39 is 10.8 Å². The zero-order chi connectivity index (χ0) is 26.5. The number of rotatable bonds is 6. The van der Waals surface area contributed by atoms with Gasteiger partial charge in [0.25, 0.3) is 11.8 Å². The van der Waals surface area contributed by atoms with Gasteiger partial charge in [0, 0.05) is 43.5 Å². The normalized spacial score (nSPS) is 13.1. The van der Waals surface area contributed by atoms with Crippen molar-refractivity contribution in [2.75, 3.05) is 43.5 Å². The number of nitro benzene ring substituents is 1. The van der Waals surface area contributed by atoms with Gasteiger partial charge in [-0.2, -0.15) is 0 Å². The first kappa shape index (κ1) is 25.9. The summed E-state index contributed by atoms with van der Waals surface area (Å²) in [4.78, 5) is 39.4. The highest BCUT2D eigenvalue weighted by atomic mass is 35.5. The number of benzene rings is 2. The molecule has 0 spiro atoms. The Balaban J connectivity index is 1.34. The van der Waals surface area contributed by atoms with Crippen LogP contribution in [0.25, 0.3) is 0 Å². The van der Waals surface area contributed by atoms with Crippen LogP contribution in [0.3, 0.4) is 0 Å². The average Bonchev–Trinajstić information content (AvgIpc) is 3.43. The number of nitro groups is 1. The SMILES string of the molecule is COc1ccc(C(=O)NC(=S)Nc2ccc(N3CCN(C(=O)c4ccco4)CC3)c(Cl)c2)cc1[N+](=O)[O-]. The lowest BCUT2D eigenvalue weighted by atomic mass is 10.1. The van der Waals surface area contributed by atoms with Crippen LogP contribution in [-0.4, -0.2) is 60.0 Å². The van der Waals surface area contributed by atoms with Crippen LogP contribution in [0, 0.1) is 10.1 Å². The van der Waals surface area contributed by atoms with Crippen molar-refractivity contribution in [3.05, 3.63) is 81.3 Å². The van der Waals surface area contributed by atoms with E-state index in [4.69, 9.17) is 33.0 Å². The van der Waals surface area contributed by atoms with Gasteiger partial charge in [0.05, 0.1) is 29.0 Å². The Hall–Kier alpha value is -4.16. The monoisotopic (exact) mass is 543 g/mol. The zero-order valence-electron chi connectivity index (χ0n) is 19.6. The minimum Gasteiger partial charge on any atom is -0.490 e. The third-order valence-electron chi connectivity index (χ3n) is 5.71. The number of nitrogens with zero attached hydrogens (tertiary/aromatic N) is 3. The summed E-state index contributed by atoms with van der Waals surface area (Å²) in [6, 6.07) is 12.4. The molecule has 0 unspecified atom stereocenters. The van der Waals surface area contributed by atoms with Gasteiger partial charge < -0.3 is 24.3 Å². The second-order valence-corrected chi connectivity index (χ2v) is 8.79. The third kappa shape index (κ3) is 5.98. The lowest BCUT2D eigenvalue weighted by molar-refractivity contribution is -0.385. The van der Waals surface area contributed by atoms with E-state index >= 15 is 0 Å². The number of piperazine rings is 1. The molecule has 192 valence electrons. The van der Waals surface area contributed by atoms with Crippen LogP contribution in [0.4, 0.5) is 17.1 Å². The van der Waals surface area contributed by atoms with Gasteiger partial charge in [0.15, 0.2) is 16.6 Å². The first-order valence-corrected chi connectivity index (χ1v) is 11.9. The maximum atomic E-state index is 12.5. The van der Waals surface area contributed by atoms with Crippen molar-refractivity contribution in [2.24, 2.45) is 0 Å². The van der Waals surface area contributed by atoms with Gasteiger partial charge in [0.1, 0.15) is 0 Å². The molecule has 1 fully saturated rings. The van der Waals surface area contributed by atoms with Gasteiger partial charge in [-0.15, -0.1) is 0 Å². The highest BCUT2D eigenvalue weighted by molar-refractivity contribution is 7.80. The van der Waals surface area contributed by atoms with Crippen molar-refractivity contribution in [1.29, 1.82) is 0 Å². The van der Waals surface area contributed by atoms with Crippen molar-refractivity contribution in [3.63, 3.8) is 0 Å².